The number of hydrogen-bond acceptors (Lipinski definition) is 0. The van der Waals surface area contributed by atoms with Crippen LogP contribution in [0.5, 0.6) is 0 Å². The molecule has 0 spiro atoms. The predicted molar refractivity (Wildman–Crippen MR) is 68.1 cm³/mol. The van der Waals surface area contributed by atoms with Gasteiger partial charge in [0.2, 0.25) is 0 Å². The van der Waals surface area contributed by atoms with Crippen LogP contribution in [0.15, 0.2) is 29.8 Å². The van der Waals surface area contributed by atoms with Crippen LogP contribution in [0.1, 0.15) is 19.4 Å². The molecule has 0 bridgehead atoms. The molecule has 1 aromatic carbocycles. The summed E-state index contributed by atoms with van der Waals surface area (Å²) in [6, 6.07) is 7.90. The Morgan fingerprint density at radius 3 is 2.57 bits per heavy atom. The summed E-state index contributed by atoms with van der Waals surface area (Å²) in [5.74, 6) is 0.547. The zero-order valence-corrected chi connectivity index (χ0v) is 10.8. The summed E-state index contributed by atoms with van der Waals surface area (Å²) in [6.07, 6.45) is 2.15. The van der Waals surface area contributed by atoms with Crippen molar-refractivity contribution in [2.24, 2.45) is 5.92 Å². The Labute approximate surface area is 99.1 Å². The van der Waals surface area contributed by atoms with Crippen LogP contribution in [0.4, 0.5) is 0 Å². The lowest BCUT2D eigenvalue weighted by molar-refractivity contribution is 0.781. The zero-order chi connectivity index (χ0) is 10.6. The number of benzene rings is 1. The summed E-state index contributed by atoms with van der Waals surface area (Å²) >= 11 is 9.56. The van der Waals surface area contributed by atoms with Crippen molar-refractivity contribution in [3.05, 3.63) is 40.4 Å². The minimum atomic E-state index is 0.547. The normalized spacial score (nSPS) is 12.2. The van der Waals surface area contributed by atoms with E-state index in [1.807, 2.05) is 24.3 Å². The van der Waals surface area contributed by atoms with Crippen LogP contribution < -0.4 is 0 Å². The van der Waals surface area contributed by atoms with Crippen LogP contribution in [0.25, 0.3) is 6.08 Å². The lowest BCUT2D eigenvalue weighted by Gasteiger charge is -2.08. The molecule has 0 N–H and O–H groups in total. The molecule has 0 aromatic heterocycles. The highest BCUT2D eigenvalue weighted by Crippen LogP contribution is 2.22. The molecular weight excluding hydrogens is 259 g/mol. The Kier molecular flexibility index (Phi) is 4.70. The van der Waals surface area contributed by atoms with E-state index in [9.17, 15) is 0 Å². The fraction of sp³-hybridized carbons (Fsp3) is 0.333. The molecule has 14 heavy (non-hydrogen) atoms. The highest BCUT2D eigenvalue weighted by molar-refractivity contribution is 9.09. The van der Waals surface area contributed by atoms with Gasteiger partial charge in [0, 0.05) is 10.4 Å². The maximum atomic E-state index is 6.07. The van der Waals surface area contributed by atoms with Gasteiger partial charge in [-0.25, -0.2) is 0 Å². The van der Waals surface area contributed by atoms with E-state index in [1.54, 1.807) is 0 Å². The molecule has 0 unspecified atom stereocenters. The summed E-state index contributed by atoms with van der Waals surface area (Å²) in [6.45, 7) is 4.37. The smallest absolute Gasteiger partial charge is 0.0478 e. The van der Waals surface area contributed by atoms with Crippen LogP contribution in [-0.2, 0) is 0 Å². The van der Waals surface area contributed by atoms with Crippen LogP contribution in [-0.4, -0.2) is 5.33 Å². The standard InChI is InChI=1S/C12H14BrCl/c1-9(2)11(8-13)7-10-5-3-4-6-12(10)14/h3-7,9H,8H2,1-2H3/b11-7+. The molecule has 0 saturated carbocycles. The number of halogens is 2. The van der Waals surface area contributed by atoms with E-state index in [0.717, 1.165) is 15.9 Å². The Morgan fingerprint density at radius 1 is 1.43 bits per heavy atom. The molecule has 76 valence electrons. The lowest BCUT2D eigenvalue weighted by Crippen LogP contribution is -1.94. The van der Waals surface area contributed by atoms with E-state index >= 15 is 0 Å². The van der Waals surface area contributed by atoms with Gasteiger partial charge in [0.15, 0.2) is 0 Å². The first-order valence-electron chi connectivity index (χ1n) is 4.66. The number of hydrogen-bond donors (Lipinski definition) is 0. The van der Waals surface area contributed by atoms with Crippen molar-refractivity contribution in [1.29, 1.82) is 0 Å². The average Bonchev–Trinajstić information content (AvgIpc) is 2.16. The van der Waals surface area contributed by atoms with Gasteiger partial charge in [-0.05, 0) is 17.5 Å². The minimum Gasteiger partial charge on any atom is -0.0880 e. The minimum absolute atomic E-state index is 0.547. The van der Waals surface area contributed by atoms with Crippen molar-refractivity contribution < 1.29 is 0 Å². The zero-order valence-electron chi connectivity index (χ0n) is 8.43. The molecule has 0 atom stereocenters. The SMILES string of the molecule is CC(C)/C(=C/c1ccccc1Cl)CBr. The van der Waals surface area contributed by atoms with E-state index in [4.69, 9.17) is 11.6 Å². The molecule has 1 rings (SSSR count). The summed E-state index contributed by atoms with van der Waals surface area (Å²) in [4.78, 5) is 0. The highest BCUT2D eigenvalue weighted by atomic mass is 79.9. The Bertz CT molecular complexity index is 329. The first kappa shape index (κ1) is 11.8. The molecular formula is C12H14BrCl. The second-order valence-electron chi connectivity index (χ2n) is 3.53. The number of alkyl halides is 1. The summed E-state index contributed by atoms with van der Waals surface area (Å²) in [7, 11) is 0. The molecule has 0 aliphatic heterocycles. The van der Waals surface area contributed by atoms with E-state index in [2.05, 4.69) is 35.9 Å². The van der Waals surface area contributed by atoms with Crippen LogP contribution in [0.3, 0.4) is 0 Å². The Hall–Kier alpha value is -0.270. The Morgan fingerprint density at radius 2 is 2.07 bits per heavy atom. The van der Waals surface area contributed by atoms with Crippen molar-refractivity contribution >= 4 is 33.6 Å². The van der Waals surface area contributed by atoms with Gasteiger partial charge in [-0.1, -0.05) is 71.2 Å². The van der Waals surface area contributed by atoms with Crippen molar-refractivity contribution in [2.75, 3.05) is 5.33 Å². The van der Waals surface area contributed by atoms with E-state index < -0.39 is 0 Å². The second kappa shape index (κ2) is 5.57. The maximum Gasteiger partial charge on any atom is 0.0478 e. The molecule has 0 heterocycles. The summed E-state index contributed by atoms with van der Waals surface area (Å²) < 4.78 is 0. The lowest BCUT2D eigenvalue weighted by atomic mass is 10.0. The van der Waals surface area contributed by atoms with E-state index in [0.29, 0.717) is 5.92 Å². The monoisotopic (exact) mass is 272 g/mol. The van der Waals surface area contributed by atoms with E-state index in [-0.39, 0.29) is 0 Å². The summed E-state index contributed by atoms with van der Waals surface area (Å²) in [5, 5.41) is 1.71. The van der Waals surface area contributed by atoms with Gasteiger partial charge >= 0.3 is 0 Å². The van der Waals surface area contributed by atoms with Crippen LogP contribution >= 0.6 is 27.5 Å². The molecule has 0 aliphatic rings. The van der Waals surface area contributed by atoms with Crippen LogP contribution in [0, 0.1) is 5.92 Å². The molecule has 2 heteroatoms. The second-order valence-corrected chi connectivity index (χ2v) is 4.50. The third kappa shape index (κ3) is 3.14. The van der Waals surface area contributed by atoms with Gasteiger partial charge < -0.3 is 0 Å². The number of rotatable bonds is 3. The molecule has 0 radical (unpaired) electrons. The Balaban J connectivity index is 3.00. The van der Waals surface area contributed by atoms with Crippen molar-refractivity contribution in [3.63, 3.8) is 0 Å². The van der Waals surface area contributed by atoms with Crippen molar-refractivity contribution in [3.8, 4) is 0 Å². The van der Waals surface area contributed by atoms with Crippen molar-refractivity contribution in [1.82, 2.24) is 0 Å². The third-order valence-electron chi connectivity index (χ3n) is 2.14. The van der Waals surface area contributed by atoms with Gasteiger partial charge in [-0.15, -0.1) is 0 Å². The van der Waals surface area contributed by atoms with Gasteiger partial charge in [-0.2, -0.15) is 0 Å². The average molecular weight is 274 g/mol. The van der Waals surface area contributed by atoms with Gasteiger partial charge in [0.05, 0.1) is 0 Å². The quantitative estimate of drug-likeness (QED) is 0.696. The van der Waals surface area contributed by atoms with Crippen LogP contribution in [0.2, 0.25) is 5.02 Å². The number of allylic oxidation sites excluding steroid dienone is 1. The van der Waals surface area contributed by atoms with Gasteiger partial charge in [-0.3, -0.25) is 0 Å². The van der Waals surface area contributed by atoms with Gasteiger partial charge in [0.25, 0.3) is 0 Å². The van der Waals surface area contributed by atoms with Gasteiger partial charge in [0.1, 0.15) is 0 Å². The molecule has 1 aromatic rings. The third-order valence-corrected chi connectivity index (χ3v) is 3.13. The summed E-state index contributed by atoms with van der Waals surface area (Å²) in [5.41, 5.74) is 2.45. The first-order chi connectivity index (χ1) is 6.65. The molecule has 0 fully saturated rings. The highest BCUT2D eigenvalue weighted by Gasteiger charge is 2.02. The largest absolute Gasteiger partial charge is 0.0880 e. The topological polar surface area (TPSA) is 0 Å². The molecule has 0 aliphatic carbocycles. The first-order valence-corrected chi connectivity index (χ1v) is 6.16. The fourth-order valence-electron chi connectivity index (χ4n) is 1.15. The van der Waals surface area contributed by atoms with Crippen molar-refractivity contribution in [2.45, 2.75) is 13.8 Å². The fourth-order valence-corrected chi connectivity index (χ4v) is 2.15. The molecule has 0 amide bonds. The molecule has 0 nitrogen and oxygen atoms in total. The van der Waals surface area contributed by atoms with E-state index in [1.165, 1.54) is 5.57 Å². The molecule has 0 saturated heterocycles. The maximum absolute atomic E-state index is 6.07. The predicted octanol–water partition coefficient (Wildman–Crippen LogP) is 4.77.